The summed E-state index contributed by atoms with van der Waals surface area (Å²) in [4.78, 5) is 2.53. The van der Waals surface area contributed by atoms with Crippen LogP contribution < -0.4 is 4.90 Å². The van der Waals surface area contributed by atoms with E-state index in [0.717, 1.165) is 34.0 Å². The van der Waals surface area contributed by atoms with E-state index in [1.807, 2.05) is 0 Å². The summed E-state index contributed by atoms with van der Waals surface area (Å²) in [6.45, 7) is 30.5. The van der Waals surface area contributed by atoms with Crippen LogP contribution in [0.2, 0.25) is 0 Å². The summed E-state index contributed by atoms with van der Waals surface area (Å²) < 4.78 is 7.29. The lowest BCUT2D eigenvalue weighted by atomic mass is 9.78. The SMILES string of the molecule is CC(C)(C)c1ccc2c(c1)C(C)(C)c1cc(N(c3ccc4c(c3)C(C)(C)c3ccccc3-4)c3ccccc3C3=CC4=C[C@H]4c4c3oc3c(C(C)(C)C)cc(C(C)(C)C)cc43)ccc1-2. The van der Waals surface area contributed by atoms with Gasteiger partial charge in [-0.15, -0.1) is 0 Å². The number of hydrogen-bond donors (Lipinski definition) is 0. The molecule has 0 radical (unpaired) electrons. The molecule has 0 amide bonds. The number of rotatable bonds is 4. The second-order valence-electron chi connectivity index (χ2n) is 23.1. The molecule has 0 aliphatic heterocycles. The van der Waals surface area contributed by atoms with Gasteiger partial charge in [0, 0.05) is 55.8 Å². The summed E-state index contributed by atoms with van der Waals surface area (Å²) in [7, 11) is 0. The molecular weight excluding hydrogens is 763 g/mol. The number of hydrogen-bond acceptors (Lipinski definition) is 2. The smallest absolute Gasteiger partial charge is 0.140 e. The zero-order chi connectivity index (χ0) is 44.3. The van der Waals surface area contributed by atoms with Crippen molar-refractivity contribution in [3.63, 3.8) is 0 Å². The number of benzene rings is 6. The van der Waals surface area contributed by atoms with E-state index in [1.54, 1.807) is 0 Å². The Balaban J connectivity index is 1.13. The highest BCUT2D eigenvalue weighted by Crippen LogP contribution is 2.58. The Morgan fingerprint density at radius 2 is 1.05 bits per heavy atom. The van der Waals surface area contributed by atoms with E-state index >= 15 is 0 Å². The largest absolute Gasteiger partial charge is 0.455 e. The van der Waals surface area contributed by atoms with Gasteiger partial charge in [0.2, 0.25) is 0 Å². The van der Waals surface area contributed by atoms with Crippen molar-refractivity contribution >= 4 is 33.6 Å². The Bertz CT molecular complexity index is 3170. The molecule has 0 unspecified atom stereocenters. The van der Waals surface area contributed by atoms with Crippen molar-refractivity contribution in [2.24, 2.45) is 0 Å². The molecular formula is C61H61NO. The van der Waals surface area contributed by atoms with Crippen molar-refractivity contribution < 1.29 is 4.42 Å². The van der Waals surface area contributed by atoms with E-state index in [-0.39, 0.29) is 33.0 Å². The molecule has 0 saturated carbocycles. The Hall–Kier alpha value is -5.86. The standard InChI is InChI=1S/C61H61NO/c1-57(2,3)36-22-25-41-43-27-24-39(34-51(43)61(12,13)49(41)31-36)62(38-23-26-42-40-18-14-16-20-48(40)60(10,11)50(42)33-38)53-21-17-15-19-44(53)46-29-35-28-45(35)54-47-30-37(58(4,5)6)32-52(59(7,8)9)55(47)63-56(46)54/h14-34,45H,1-13H3/t45-/m1/s1. The Labute approximate surface area is 375 Å². The van der Waals surface area contributed by atoms with Crippen molar-refractivity contribution in [2.45, 2.75) is 123 Å². The van der Waals surface area contributed by atoms with Crippen LogP contribution >= 0.6 is 0 Å². The maximum Gasteiger partial charge on any atom is 0.140 e. The van der Waals surface area contributed by atoms with Gasteiger partial charge in [-0.3, -0.25) is 0 Å². The van der Waals surface area contributed by atoms with Gasteiger partial charge < -0.3 is 9.32 Å². The average Bonchev–Trinajstić information content (AvgIpc) is 3.77. The van der Waals surface area contributed by atoms with Gasteiger partial charge in [0.15, 0.2) is 0 Å². The summed E-state index contributed by atoms with van der Waals surface area (Å²) in [5.74, 6) is 1.29. The van der Waals surface area contributed by atoms with E-state index in [4.69, 9.17) is 4.42 Å². The van der Waals surface area contributed by atoms with Crippen molar-refractivity contribution in [2.75, 3.05) is 4.90 Å². The quantitative estimate of drug-likeness (QED) is 0.176. The van der Waals surface area contributed by atoms with Crippen molar-refractivity contribution in [3.8, 4) is 22.3 Å². The minimum atomic E-state index is -0.173. The minimum absolute atomic E-state index is 0.00502. The number of fused-ring (bicyclic) bond motifs is 11. The third-order valence-corrected chi connectivity index (χ3v) is 15.0. The average molecular weight is 824 g/mol. The molecule has 0 N–H and O–H groups in total. The lowest BCUT2D eigenvalue weighted by Gasteiger charge is -2.31. The van der Waals surface area contributed by atoms with Crippen LogP contribution in [0.15, 0.2) is 137 Å². The summed E-state index contributed by atoms with van der Waals surface area (Å²) in [5, 5.41) is 1.26. The van der Waals surface area contributed by atoms with Crippen LogP contribution in [-0.4, -0.2) is 0 Å². The number of para-hydroxylation sites is 1. The summed E-state index contributed by atoms with van der Waals surface area (Å²) in [5.41, 5.74) is 24.0. The van der Waals surface area contributed by atoms with Crippen LogP contribution in [0.4, 0.5) is 17.1 Å². The van der Waals surface area contributed by atoms with E-state index in [9.17, 15) is 0 Å². The number of nitrogens with zero attached hydrogens (tertiary/aromatic N) is 1. The van der Waals surface area contributed by atoms with Crippen LogP contribution in [0.1, 0.15) is 152 Å². The molecule has 11 rings (SSSR count). The van der Waals surface area contributed by atoms with Gasteiger partial charge in [-0.2, -0.15) is 0 Å². The molecule has 4 aliphatic carbocycles. The third-order valence-electron chi connectivity index (χ3n) is 15.0. The zero-order valence-electron chi connectivity index (χ0n) is 39.6. The highest BCUT2D eigenvalue weighted by atomic mass is 16.3. The first kappa shape index (κ1) is 40.0. The molecule has 1 aromatic heterocycles. The number of furan rings is 1. The van der Waals surface area contributed by atoms with Gasteiger partial charge in [-0.25, -0.2) is 0 Å². The Morgan fingerprint density at radius 3 is 1.67 bits per heavy atom. The maximum absolute atomic E-state index is 7.29. The van der Waals surface area contributed by atoms with E-state index in [0.29, 0.717) is 0 Å². The van der Waals surface area contributed by atoms with Crippen molar-refractivity contribution in [1.29, 1.82) is 0 Å². The molecule has 1 heterocycles. The highest BCUT2D eigenvalue weighted by Gasteiger charge is 2.42. The predicted octanol–water partition coefficient (Wildman–Crippen LogP) is 16.9. The second kappa shape index (κ2) is 12.9. The van der Waals surface area contributed by atoms with Crippen LogP contribution in [-0.2, 0) is 27.1 Å². The molecule has 0 spiro atoms. The Kier molecular flexibility index (Phi) is 8.16. The molecule has 1 atom stereocenters. The maximum atomic E-state index is 7.29. The second-order valence-corrected chi connectivity index (χ2v) is 23.1. The van der Waals surface area contributed by atoms with Gasteiger partial charge in [-0.1, -0.05) is 175 Å². The van der Waals surface area contributed by atoms with Crippen molar-refractivity contribution in [3.05, 3.63) is 189 Å². The Morgan fingerprint density at radius 1 is 0.508 bits per heavy atom. The van der Waals surface area contributed by atoms with Crippen LogP contribution in [0.25, 0.3) is 38.8 Å². The molecule has 2 nitrogen and oxygen atoms in total. The molecule has 2 heteroatoms. The molecule has 4 aliphatic rings. The van der Waals surface area contributed by atoms with Crippen LogP contribution in [0, 0.1) is 0 Å². The first-order chi connectivity index (χ1) is 29.6. The first-order valence-electron chi connectivity index (χ1n) is 23.1. The summed E-state index contributed by atoms with van der Waals surface area (Å²) in [6, 6.07) is 44.4. The number of anilines is 3. The number of allylic oxidation sites excluding steroid dienone is 3. The van der Waals surface area contributed by atoms with Gasteiger partial charge >= 0.3 is 0 Å². The van der Waals surface area contributed by atoms with E-state index < -0.39 is 0 Å². The zero-order valence-corrected chi connectivity index (χ0v) is 39.6. The van der Waals surface area contributed by atoms with Gasteiger partial charge in [-0.05, 0) is 120 Å². The molecule has 0 saturated heterocycles. The topological polar surface area (TPSA) is 16.4 Å². The lowest BCUT2D eigenvalue weighted by molar-refractivity contribution is 0.544. The van der Waals surface area contributed by atoms with Crippen LogP contribution in [0.3, 0.4) is 0 Å². The van der Waals surface area contributed by atoms with E-state index in [1.165, 1.54) is 83.3 Å². The van der Waals surface area contributed by atoms with Gasteiger partial charge in [0.05, 0.1) is 5.69 Å². The molecule has 63 heavy (non-hydrogen) atoms. The normalized spacial score (nSPS) is 17.6. The summed E-state index contributed by atoms with van der Waals surface area (Å²) >= 11 is 0. The monoisotopic (exact) mass is 823 g/mol. The fourth-order valence-corrected chi connectivity index (χ4v) is 11.2. The van der Waals surface area contributed by atoms with Crippen LogP contribution in [0.5, 0.6) is 0 Å². The van der Waals surface area contributed by atoms with Crippen molar-refractivity contribution in [1.82, 2.24) is 0 Å². The van der Waals surface area contributed by atoms with E-state index in [2.05, 4.69) is 222 Å². The summed E-state index contributed by atoms with van der Waals surface area (Å²) in [6.07, 6.45) is 4.83. The lowest BCUT2D eigenvalue weighted by Crippen LogP contribution is -2.19. The van der Waals surface area contributed by atoms with Gasteiger partial charge in [0.25, 0.3) is 0 Å². The molecule has 0 bridgehead atoms. The fourth-order valence-electron chi connectivity index (χ4n) is 11.2. The fraction of sp³-hybridized carbons (Fsp3) is 0.311. The molecule has 6 aromatic carbocycles. The third kappa shape index (κ3) is 5.89. The molecule has 316 valence electrons. The molecule has 7 aromatic rings. The predicted molar refractivity (Wildman–Crippen MR) is 266 cm³/mol. The minimum Gasteiger partial charge on any atom is -0.455 e. The highest BCUT2D eigenvalue weighted by molar-refractivity contribution is 6.01. The molecule has 0 fully saturated rings. The van der Waals surface area contributed by atoms with Gasteiger partial charge in [0.1, 0.15) is 11.3 Å². The first-order valence-corrected chi connectivity index (χ1v) is 23.1.